The normalized spacial score (nSPS) is 15.8. The van der Waals surface area contributed by atoms with Gasteiger partial charge in [-0.15, -0.1) is 0 Å². The zero-order valence-corrected chi connectivity index (χ0v) is 17.2. The molecule has 0 saturated heterocycles. The van der Waals surface area contributed by atoms with Crippen molar-refractivity contribution in [3.05, 3.63) is 64.9 Å². The summed E-state index contributed by atoms with van der Waals surface area (Å²) in [6.45, 7) is 6.42. The third-order valence-electron chi connectivity index (χ3n) is 5.62. The second-order valence-electron chi connectivity index (χ2n) is 7.90. The van der Waals surface area contributed by atoms with E-state index >= 15 is 0 Å². The van der Waals surface area contributed by atoms with E-state index in [0.29, 0.717) is 29.9 Å². The Balaban J connectivity index is 2.12. The van der Waals surface area contributed by atoms with Crippen LogP contribution in [0.2, 0.25) is 5.02 Å². The van der Waals surface area contributed by atoms with Gasteiger partial charge in [-0.1, -0.05) is 62.7 Å². The number of aliphatic hydroxyl groups is 1. The van der Waals surface area contributed by atoms with Crippen molar-refractivity contribution < 1.29 is 23.0 Å². The van der Waals surface area contributed by atoms with Gasteiger partial charge in [0.05, 0.1) is 16.2 Å². The van der Waals surface area contributed by atoms with Crippen LogP contribution in [-0.4, -0.2) is 17.9 Å². The molecular weight excluding hydrogens is 401 g/mol. The van der Waals surface area contributed by atoms with E-state index in [9.17, 15) is 18.3 Å². The van der Waals surface area contributed by atoms with E-state index < -0.39 is 18.2 Å². The number of halogens is 4. The minimum absolute atomic E-state index is 0.0111. The van der Waals surface area contributed by atoms with Gasteiger partial charge in [-0.2, -0.15) is 13.2 Å². The van der Waals surface area contributed by atoms with Crippen molar-refractivity contribution in [1.82, 2.24) is 0 Å². The Morgan fingerprint density at radius 2 is 1.83 bits per heavy atom. The average Bonchev–Trinajstić information content (AvgIpc) is 2.58. The van der Waals surface area contributed by atoms with Crippen molar-refractivity contribution in [3.8, 4) is 16.9 Å². The Kier molecular flexibility index (Phi) is 5.91. The quantitative estimate of drug-likeness (QED) is 0.484. The zero-order chi connectivity index (χ0) is 21.4. The molecule has 156 valence electrons. The molecule has 0 bridgehead atoms. The van der Waals surface area contributed by atoms with Gasteiger partial charge in [0.1, 0.15) is 5.75 Å². The smallest absolute Gasteiger partial charge is 0.422 e. The molecule has 0 aliphatic heterocycles. The van der Waals surface area contributed by atoms with Gasteiger partial charge >= 0.3 is 6.18 Å². The average molecular weight is 425 g/mol. The molecule has 0 spiro atoms. The molecule has 0 unspecified atom stereocenters. The molecule has 29 heavy (non-hydrogen) atoms. The summed E-state index contributed by atoms with van der Waals surface area (Å²) in [5, 5.41) is 10.3. The molecule has 0 heterocycles. The van der Waals surface area contributed by atoms with E-state index in [2.05, 4.69) is 20.4 Å². The van der Waals surface area contributed by atoms with Crippen molar-refractivity contribution >= 4 is 11.6 Å². The fraction of sp³-hybridized carbons (Fsp3) is 0.391. The van der Waals surface area contributed by atoms with Crippen LogP contribution in [0.1, 0.15) is 50.2 Å². The molecule has 0 radical (unpaired) electrons. The molecule has 0 atom stereocenters. The molecule has 1 N–H and O–H groups in total. The highest BCUT2D eigenvalue weighted by Gasteiger charge is 2.42. The summed E-state index contributed by atoms with van der Waals surface area (Å²) in [6.07, 6.45) is -2.11. The van der Waals surface area contributed by atoms with Gasteiger partial charge in [-0.05, 0) is 47.6 Å². The van der Waals surface area contributed by atoms with Crippen LogP contribution >= 0.6 is 11.6 Å². The summed E-state index contributed by atoms with van der Waals surface area (Å²) >= 11 is 6.38. The Hall–Kier alpha value is -2.14. The SMILES string of the molecule is C=C(O)C1(c2cc(Cl)c(OCC(F)(F)F)c(-c3ccc(C(C)C)cc3)c2)CCC1. The summed E-state index contributed by atoms with van der Waals surface area (Å²) in [5.74, 6) is 0.365. The number of hydrogen-bond donors (Lipinski definition) is 1. The van der Waals surface area contributed by atoms with Crippen LogP contribution in [0.4, 0.5) is 13.2 Å². The van der Waals surface area contributed by atoms with E-state index in [0.717, 1.165) is 17.5 Å². The van der Waals surface area contributed by atoms with Crippen LogP contribution in [0.3, 0.4) is 0 Å². The van der Waals surface area contributed by atoms with E-state index in [1.54, 1.807) is 12.1 Å². The molecule has 2 aromatic carbocycles. The molecule has 0 aromatic heterocycles. The highest BCUT2D eigenvalue weighted by Crippen LogP contribution is 2.51. The lowest BCUT2D eigenvalue weighted by molar-refractivity contribution is -0.153. The number of hydrogen-bond acceptors (Lipinski definition) is 2. The number of aliphatic hydroxyl groups excluding tert-OH is 1. The lowest BCUT2D eigenvalue weighted by atomic mass is 9.63. The minimum Gasteiger partial charge on any atom is -0.512 e. The molecule has 2 nitrogen and oxygen atoms in total. The van der Waals surface area contributed by atoms with Crippen LogP contribution in [0.15, 0.2) is 48.7 Å². The predicted octanol–water partition coefficient (Wildman–Crippen LogP) is 7.56. The molecule has 1 aliphatic carbocycles. The third kappa shape index (κ3) is 4.40. The third-order valence-corrected chi connectivity index (χ3v) is 5.90. The lowest BCUT2D eigenvalue weighted by Crippen LogP contribution is -2.36. The van der Waals surface area contributed by atoms with Gasteiger partial charge in [-0.3, -0.25) is 0 Å². The zero-order valence-electron chi connectivity index (χ0n) is 16.4. The Bertz CT molecular complexity index is 898. The first kappa shape index (κ1) is 21.6. The fourth-order valence-corrected chi connectivity index (χ4v) is 3.98. The first-order chi connectivity index (χ1) is 13.5. The lowest BCUT2D eigenvalue weighted by Gasteiger charge is -2.42. The van der Waals surface area contributed by atoms with Crippen molar-refractivity contribution in [1.29, 1.82) is 0 Å². The number of allylic oxidation sites excluding steroid dienone is 1. The summed E-state index contributed by atoms with van der Waals surface area (Å²) < 4.78 is 43.4. The van der Waals surface area contributed by atoms with Crippen molar-refractivity contribution in [3.63, 3.8) is 0 Å². The van der Waals surface area contributed by atoms with Gasteiger partial charge in [0, 0.05) is 5.56 Å². The van der Waals surface area contributed by atoms with Crippen LogP contribution < -0.4 is 4.74 Å². The molecule has 0 amide bonds. The van der Waals surface area contributed by atoms with Crippen LogP contribution in [0, 0.1) is 0 Å². The van der Waals surface area contributed by atoms with Crippen LogP contribution in [-0.2, 0) is 5.41 Å². The summed E-state index contributed by atoms with van der Waals surface area (Å²) in [4.78, 5) is 0. The van der Waals surface area contributed by atoms with Gasteiger partial charge in [0.15, 0.2) is 6.61 Å². The number of benzene rings is 2. The standard InChI is InChI=1S/C23H24ClF3O2/c1-14(2)16-5-7-17(8-6-16)19-11-18(22(15(3)28)9-4-10-22)12-20(24)21(19)29-13-23(25,26)27/h5-8,11-12,14,28H,3-4,9-10,13H2,1-2H3. The highest BCUT2D eigenvalue weighted by atomic mass is 35.5. The predicted molar refractivity (Wildman–Crippen MR) is 110 cm³/mol. The number of ether oxygens (including phenoxy) is 1. The minimum atomic E-state index is -4.48. The molecule has 1 saturated carbocycles. The topological polar surface area (TPSA) is 29.5 Å². The van der Waals surface area contributed by atoms with Crippen LogP contribution in [0.25, 0.3) is 11.1 Å². The van der Waals surface area contributed by atoms with Crippen LogP contribution in [0.5, 0.6) is 5.75 Å². The van der Waals surface area contributed by atoms with E-state index in [1.807, 2.05) is 24.3 Å². The number of alkyl halides is 3. The molecule has 3 rings (SSSR count). The molecular formula is C23H24ClF3O2. The van der Waals surface area contributed by atoms with Crippen molar-refractivity contribution in [2.24, 2.45) is 0 Å². The second kappa shape index (κ2) is 7.94. The van der Waals surface area contributed by atoms with Gasteiger partial charge in [0.2, 0.25) is 0 Å². The van der Waals surface area contributed by atoms with Gasteiger partial charge in [-0.25, -0.2) is 0 Å². The first-order valence-corrected chi connectivity index (χ1v) is 9.93. The molecule has 6 heteroatoms. The summed E-state index contributed by atoms with van der Waals surface area (Å²) in [7, 11) is 0. The maximum absolute atomic E-state index is 12.8. The monoisotopic (exact) mass is 424 g/mol. The van der Waals surface area contributed by atoms with Gasteiger partial charge < -0.3 is 9.84 Å². The number of rotatable bonds is 6. The van der Waals surface area contributed by atoms with Gasteiger partial charge in [0.25, 0.3) is 0 Å². The Labute approximate surface area is 174 Å². The first-order valence-electron chi connectivity index (χ1n) is 9.56. The van der Waals surface area contributed by atoms with Crippen molar-refractivity contribution in [2.75, 3.05) is 6.61 Å². The van der Waals surface area contributed by atoms with E-state index in [-0.39, 0.29) is 16.5 Å². The Morgan fingerprint density at radius 3 is 2.28 bits per heavy atom. The maximum atomic E-state index is 12.8. The van der Waals surface area contributed by atoms with E-state index in [1.165, 1.54) is 0 Å². The van der Waals surface area contributed by atoms with E-state index in [4.69, 9.17) is 16.3 Å². The summed E-state index contributed by atoms with van der Waals surface area (Å²) in [5.41, 5.74) is 2.42. The van der Waals surface area contributed by atoms with Crippen molar-refractivity contribution in [2.45, 2.75) is 50.6 Å². The molecule has 1 fully saturated rings. The second-order valence-corrected chi connectivity index (χ2v) is 8.30. The highest BCUT2D eigenvalue weighted by molar-refractivity contribution is 6.32. The molecule has 1 aliphatic rings. The maximum Gasteiger partial charge on any atom is 0.422 e. The fourth-order valence-electron chi connectivity index (χ4n) is 3.71. The summed E-state index contributed by atoms with van der Waals surface area (Å²) in [6, 6.07) is 10.9. The largest absolute Gasteiger partial charge is 0.512 e. The Morgan fingerprint density at radius 1 is 1.21 bits per heavy atom. The molecule has 2 aromatic rings.